The maximum absolute atomic E-state index is 13.1. The fraction of sp³-hybridized carbons (Fsp3) is 0.350. The Morgan fingerprint density at radius 2 is 1.50 bits per heavy atom. The molecule has 3 heterocycles. The average Bonchev–Trinajstić information content (AvgIpc) is 3.12. The van der Waals surface area contributed by atoms with Crippen molar-refractivity contribution in [2.24, 2.45) is 0 Å². The van der Waals surface area contributed by atoms with Gasteiger partial charge in [-0.05, 0) is 31.2 Å². The average molecular weight is 474 g/mol. The summed E-state index contributed by atoms with van der Waals surface area (Å²) >= 11 is 1.51. The molecule has 0 bridgehead atoms. The normalized spacial score (nSPS) is 15.5. The highest BCUT2D eigenvalue weighted by molar-refractivity contribution is 7.18. The minimum absolute atomic E-state index is 0.0118. The van der Waals surface area contributed by atoms with Crippen molar-refractivity contribution in [3.05, 3.63) is 52.2 Å². The van der Waals surface area contributed by atoms with E-state index in [9.17, 15) is 31.1 Å². The number of piperazine rings is 1. The summed E-state index contributed by atoms with van der Waals surface area (Å²) in [5, 5.41) is 0.863. The number of halogens is 6. The summed E-state index contributed by atoms with van der Waals surface area (Å²) in [6, 6.07) is 2.89. The molecule has 5 nitrogen and oxygen atoms in total. The zero-order valence-corrected chi connectivity index (χ0v) is 17.4. The quantitative estimate of drug-likeness (QED) is 0.491. The van der Waals surface area contributed by atoms with Crippen molar-refractivity contribution < 1.29 is 31.1 Å². The summed E-state index contributed by atoms with van der Waals surface area (Å²) in [5.41, 5.74) is -3.66. The van der Waals surface area contributed by atoms with Gasteiger partial charge in [0.2, 0.25) is 0 Å². The Kier molecular flexibility index (Phi) is 5.51. The zero-order chi connectivity index (χ0) is 23.3. The monoisotopic (exact) mass is 474 g/mol. The lowest BCUT2D eigenvalue weighted by Gasteiger charge is -2.35. The first-order valence-corrected chi connectivity index (χ1v) is 10.3. The number of carbonyl (C=O) groups excluding carboxylic acids is 1. The van der Waals surface area contributed by atoms with Gasteiger partial charge >= 0.3 is 12.4 Å². The Labute approximate surface area is 182 Å². The Balaban J connectivity index is 1.56. The predicted molar refractivity (Wildman–Crippen MR) is 107 cm³/mol. The molecule has 2 aromatic heterocycles. The van der Waals surface area contributed by atoms with Crippen LogP contribution >= 0.6 is 11.3 Å². The molecule has 170 valence electrons. The molecular formula is C20H16F6N4OS. The summed E-state index contributed by atoms with van der Waals surface area (Å²) in [4.78, 5) is 26.4. The second-order valence-electron chi connectivity index (χ2n) is 7.35. The van der Waals surface area contributed by atoms with Gasteiger partial charge in [0.15, 0.2) is 0 Å². The molecule has 1 amide bonds. The number of carbonyl (C=O) groups is 1. The van der Waals surface area contributed by atoms with Crippen LogP contribution < -0.4 is 4.90 Å². The number of amides is 1. The van der Waals surface area contributed by atoms with Gasteiger partial charge in [-0.15, -0.1) is 11.3 Å². The third-order valence-electron chi connectivity index (χ3n) is 5.13. The van der Waals surface area contributed by atoms with E-state index in [1.54, 1.807) is 0 Å². The Hall–Kier alpha value is -2.89. The summed E-state index contributed by atoms with van der Waals surface area (Å²) in [5.74, 6) is -0.190. The highest BCUT2D eigenvalue weighted by Crippen LogP contribution is 2.37. The van der Waals surface area contributed by atoms with E-state index in [0.29, 0.717) is 31.0 Å². The lowest BCUT2D eigenvalue weighted by atomic mass is 10.0. The second kappa shape index (κ2) is 7.91. The third kappa shape index (κ3) is 4.36. The van der Waals surface area contributed by atoms with Crippen molar-refractivity contribution in [2.75, 3.05) is 31.1 Å². The van der Waals surface area contributed by atoms with Crippen LogP contribution in [0.3, 0.4) is 0 Å². The summed E-state index contributed by atoms with van der Waals surface area (Å²) in [7, 11) is 0. The maximum atomic E-state index is 13.1. The number of fused-ring (bicyclic) bond motifs is 1. The van der Waals surface area contributed by atoms with Gasteiger partial charge in [-0.25, -0.2) is 9.97 Å². The van der Waals surface area contributed by atoms with Gasteiger partial charge in [-0.1, -0.05) is 0 Å². The molecule has 1 saturated heterocycles. The molecule has 0 aliphatic carbocycles. The van der Waals surface area contributed by atoms with Crippen LogP contribution in [0.25, 0.3) is 10.2 Å². The number of aryl methyl sites for hydroxylation is 1. The second-order valence-corrected chi connectivity index (χ2v) is 8.58. The number of alkyl halides is 6. The van der Waals surface area contributed by atoms with Crippen LogP contribution in [-0.4, -0.2) is 47.0 Å². The molecule has 3 aromatic rings. The molecule has 0 radical (unpaired) electrons. The first-order chi connectivity index (χ1) is 14.9. The van der Waals surface area contributed by atoms with Crippen molar-refractivity contribution >= 4 is 33.3 Å². The predicted octanol–water partition coefficient (Wildman–Crippen LogP) is 5.00. The summed E-state index contributed by atoms with van der Waals surface area (Å²) in [6.45, 7) is 2.86. The van der Waals surface area contributed by atoms with Crippen LogP contribution in [0.15, 0.2) is 30.6 Å². The molecule has 1 aliphatic heterocycles. The molecular weight excluding hydrogens is 458 g/mol. The summed E-state index contributed by atoms with van der Waals surface area (Å²) in [6.07, 6.45) is -8.58. The number of benzene rings is 1. The topological polar surface area (TPSA) is 49.3 Å². The first-order valence-electron chi connectivity index (χ1n) is 9.48. The fourth-order valence-corrected chi connectivity index (χ4v) is 4.44. The van der Waals surface area contributed by atoms with Crippen molar-refractivity contribution in [1.82, 2.24) is 14.9 Å². The molecule has 1 aliphatic rings. The number of hydrogen-bond donors (Lipinski definition) is 0. The lowest BCUT2D eigenvalue weighted by Crippen LogP contribution is -2.49. The van der Waals surface area contributed by atoms with Crippen molar-refractivity contribution in [3.8, 4) is 0 Å². The Bertz CT molecular complexity index is 1130. The van der Waals surface area contributed by atoms with E-state index in [1.165, 1.54) is 22.6 Å². The fourth-order valence-electron chi connectivity index (χ4n) is 3.60. The minimum atomic E-state index is -5.01. The van der Waals surface area contributed by atoms with E-state index >= 15 is 0 Å². The van der Waals surface area contributed by atoms with Crippen LogP contribution in [0.1, 0.15) is 26.4 Å². The number of rotatable bonds is 2. The largest absolute Gasteiger partial charge is 0.416 e. The van der Waals surface area contributed by atoms with Crippen molar-refractivity contribution in [2.45, 2.75) is 19.3 Å². The van der Waals surface area contributed by atoms with Gasteiger partial charge in [0.1, 0.15) is 17.0 Å². The molecule has 1 aromatic carbocycles. The molecule has 0 N–H and O–H groups in total. The van der Waals surface area contributed by atoms with Crippen LogP contribution in [0.2, 0.25) is 0 Å². The molecule has 32 heavy (non-hydrogen) atoms. The highest BCUT2D eigenvalue weighted by atomic mass is 32.1. The van der Waals surface area contributed by atoms with Crippen molar-refractivity contribution in [3.63, 3.8) is 0 Å². The zero-order valence-electron chi connectivity index (χ0n) is 16.6. The summed E-state index contributed by atoms with van der Waals surface area (Å²) < 4.78 is 78.6. The number of aromatic nitrogens is 2. The van der Waals surface area contributed by atoms with Gasteiger partial charge in [-0.3, -0.25) is 4.79 Å². The number of nitrogens with zero attached hydrogens (tertiary/aromatic N) is 4. The number of anilines is 1. The van der Waals surface area contributed by atoms with E-state index in [0.717, 1.165) is 15.1 Å². The van der Waals surface area contributed by atoms with Gasteiger partial charge in [0.25, 0.3) is 5.91 Å². The van der Waals surface area contributed by atoms with Gasteiger partial charge in [0, 0.05) is 36.6 Å². The molecule has 1 fully saturated rings. The van der Waals surface area contributed by atoms with Gasteiger partial charge in [-0.2, -0.15) is 26.3 Å². The number of thiophene rings is 1. The van der Waals surface area contributed by atoms with Crippen molar-refractivity contribution in [1.29, 1.82) is 0 Å². The molecule has 0 atom stereocenters. The molecule has 0 unspecified atom stereocenters. The van der Waals surface area contributed by atoms with Crippen LogP contribution in [0, 0.1) is 6.92 Å². The molecule has 0 spiro atoms. The van der Waals surface area contributed by atoms with E-state index in [1.807, 2.05) is 17.9 Å². The van der Waals surface area contributed by atoms with Crippen LogP contribution in [0.4, 0.5) is 32.2 Å². The number of hydrogen-bond acceptors (Lipinski definition) is 5. The van der Waals surface area contributed by atoms with Crippen LogP contribution in [-0.2, 0) is 12.4 Å². The van der Waals surface area contributed by atoms with E-state index in [4.69, 9.17) is 0 Å². The molecule has 4 rings (SSSR count). The lowest BCUT2D eigenvalue weighted by molar-refractivity contribution is -0.143. The SMILES string of the molecule is Cc1cc2c(N3CCN(C(=O)c4cc(C(F)(F)F)cc(C(F)(F)F)c4)CC3)ncnc2s1. The molecule has 0 saturated carbocycles. The Morgan fingerprint density at radius 3 is 2.06 bits per heavy atom. The third-order valence-corrected chi connectivity index (χ3v) is 6.09. The van der Waals surface area contributed by atoms with Crippen LogP contribution in [0.5, 0.6) is 0 Å². The maximum Gasteiger partial charge on any atom is 0.416 e. The highest BCUT2D eigenvalue weighted by Gasteiger charge is 2.38. The van der Waals surface area contributed by atoms with E-state index in [-0.39, 0.29) is 19.2 Å². The van der Waals surface area contributed by atoms with Gasteiger partial charge in [0.05, 0.1) is 16.5 Å². The van der Waals surface area contributed by atoms with Gasteiger partial charge < -0.3 is 9.80 Å². The standard InChI is InChI=1S/C20H16F6N4OS/c1-11-6-15-16(27-10-28-17(15)32-11)29-2-4-30(5-3-29)18(31)12-7-13(19(21,22)23)9-14(8-12)20(24,25)26/h6-10H,2-5H2,1H3. The molecule has 12 heteroatoms. The van der Waals surface area contributed by atoms with E-state index < -0.39 is 35.0 Å². The Morgan fingerprint density at radius 1 is 0.906 bits per heavy atom. The smallest absolute Gasteiger partial charge is 0.352 e. The minimum Gasteiger partial charge on any atom is -0.352 e. The first kappa shape index (κ1) is 22.3. The van der Waals surface area contributed by atoms with E-state index in [2.05, 4.69) is 9.97 Å².